The maximum Gasteiger partial charge on any atom is 0.283 e. The Morgan fingerprint density at radius 1 is 0.824 bits per heavy atom. The summed E-state index contributed by atoms with van der Waals surface area (Å²) >= 11 is 24.3. The van der Waals surface area contributed by atoms with Gasteiger partial charge in [-0.05, 0) is 67.1 Å². The number of hydrogen-bond acceptors (Lipinski definition) is 4. The number of nitrogens with zero attached hydrogens (tertiary/aromatic N) is 1. The van der Waals surface area contributed by atoms with Crippen molar-refractivity contribution in [2.24, 2.45) is 0 Å². The Kier molecular flexibility index (Phi) is 6.86. The predicted molar refractivity (Wildman–Crippen MR) is 136 cm³/mol. The van der Waals surface area contributed by atoms with E-state index < -0.39 is 11.8 Å². The molecule has 34 heavy (non-hydrogen) atoms. The van der Waals surface area contributed by atoms with Crippen LogP contribution in [0.3, 0.4) is 0 Å². The highest BCUT2D eigenvalue weighted by molar-refractivity contribution is 6.53. The number of halogens is 4. The number of benzene rings is 3. The van der Waals surface area contributed by atoms with Gasteiger partial charge >= 0.3 is 0 Å². The number of imide groups is 1. The minimum Gasteiger partial charge on any atom is -0.350 e. The molecule has 0 saturated carbocycles. The second-order valence-corrected chi connectivity index (χ2v) is 8.99. The van der Waals surface area contributed by atoms with E-state index in [9.17, 15) is 14.4 Å². The van der Waals surface area contributed by atoms with Crippen molar-refractivity contribution in [1.82, 2.24) is 0 Å². The Balaban J connectivity index is 1.50. The van der Waals surface area contributed by atoms with Gasteiger partial charge in [0.1, 0.15) is 10.7 Å². The molecule has 0 aliphatic carbocycles. The van der Waals surface area contributed by atoms with Gasteiger partial charge < -0.3 is 10.6 Å². The van der Waals surface area contributed by atoms with E-state index in [1.165, 1.54) is 0 Å². The number of amides is 3. The van der Waals surface area contributed by atoms with Crippen molar-refractivity contribution in [3.8, 4) is 0 Å². The zero-order valence-corrected chi connectivity index (χ0v) is 20.5. The Hall–Kier alpha value is -3.03. The van der Waals surface area contributed by atoms with Crippen molar-refractivity contribution in [3.63, 3.8) is 0 Å². The van der Waals surface area contributed by atoms with Crippen LogP contribution in [0.15, 0.2) is 71.4 Å². The molecular weight excluding hydrogens is 520 g/mol. The molecule has 10 heteroatoms. The van der Waals surface area contributed by atoms with Gasteiger partial charge in [-0.25, -0.2) is 4.90 Å². The Morgan fingerprint density at radius 2 is 1.47 bits per heavy atom. The lowest BCUT2D eigenvalue weighted by atomic mass is 10.1. The Labute approximate surface area is 215 Å². The summed E-state index contributed by atoms with van der Waals surface area (Å²) in [5, 5.41) is 6.54. The molecule has 0 saturated heterocycles. The zero-order valence-electron chi connectivity index (χ0n) is 17.5. The lowest BCUT2D eigenvalue weighted by molar-refractivity contribution is -0.120. The van der Waals surface area contributed by atoms with Crippen molar-refractivity contribution >= 4 is 81.2 Å². The van der Waals surface area contributed by atoms with Gasteiger partial charge in [-0.1, -0.05) is 52.5 Å². The first-order valence-corrected chi connectivity index (χ1v) is 11.3. The highest BCUT2D eigenvalue weighted by Crippen LogP contribution is 2.34. The molecular formula is C24H15Cl4N3O3. The van der Waals surface area contributed by atoms with Crippen LogP contribution in [0.4, 0.5) is 17.1 Å². The van der Waals surface area contributed by atoms with Crippen molar-refractivity contribution in [3.05, 3.63) is 97.6 Å². The molecule has 3 aromatic rings. The van der Waals surface area contributed by atoms with Crippen LogP contribution in [0, 0.1) is 6.92 Å². The van der Waals surface area contributed by atoms with Gasteiger partial charge in [-0.2, -0.15) is 0 Å². The second-order valence-electron chi connectivity index (χ2n) is 7.33. The Bertz CT molecular complexity index is 1350. The SMILES string of the molecule is Cc1c(Cl)cccc1N1C(=O)C(Cl)=C(Nc2ccc(C(=O)Nc3cc(Cl)cc(Cl)c3)cc2)C1=O. The van der Waals surface area contributed by atoms with Gasteiger partial charge in [0.05, 0.1) is 5.69 Å². The van der Waals surface area contributed by atoms with Crippen LogP contribution >= 0.6 is 46.4 Å². The molecule has 2 N–H and O–H groups in total. The number of anilines is 3. The summed E-state index contributed by atoms with van der Waals surface area (Å²) in [4.78, 5) is 39.2. The van der Waals surface area contributed by atoms with Crippen molar-refractivity contribution in [2.45, 2.75) is 6.92 Å². The fraction of sp³-hybridized carbons (Fsp3) is 0.0417. The first-order valence-electron chi connectivity index (χ1n) is 9.84. The van der Waals surface area contributed by atoms with Crippen LogP contribution in [-0.2, 0) is 9.59 Å². The van der Waals surface area contributed by atoms with Gasteiger partial charge in [0.15, 0.2) is 0 Å². The van der Waals surface area contributed by atoms with E-state index >= 15 is 0 Å². The third-order valence-electron chi connectivity index (χ3n) is 5.04. The van der Waals surface area contributed by atoms with E-state index in [4.69, 9.17) is 46.4 Å². The standard InChI is InChI=1S/C24H15Cl4N3O3/c1-12-18(27)3-2-4-19(12)31-23(33)20(28)21(24(31)34)29-16-7-5-13(6-8-16)22(32)30-17-10-14(25)9-15(26)11-17/h2-11,29H,1H3,(H,30,32). The largest absolute Gasteiger partial charge is 0.350 e. The normalized spacial score (nSPS) is 13.5. The molecule has 1 heterocycles. The molecule has 6 nitrogen and oxygen atoms in total. The number of nitrogens with one attached hydrogen (secondary N) is 2. The van der Waals surface area contributed by atoms with Crippen LogP contribution < -0.4 is 15.5 Å². The third-order valence-corrected chi connectivity index (χ3v) is 6.24. The summed E-state index contributed by atoms with van der Waals surface area (Å²) in [6.07, 6.45) is 0. The summed E-state index contributed by atoms with van der Waals surface area (Å²) in [5.74, 6) is -1.65. The number of hydrogen-bond donors (Lipinski definition) is 2. The Morgan fingerprint density at radius 3 is 2.12 bits per heavy atom. The lowest BCUT2D eigenvalue weighted by Gasteiger charge is -2.18. The topological polar surface area (TPSA) is 78.5 Å². The molecule has 0 bridgehead atoms. The molecule has 3 aromatic carbocycles. The lowest BCUT2D eigenvalue weighted by Crippen LogP contribution is -2.32. The summed E-state index contributed by atoms with van der Waals surface area (Å²) in [6, 6.07) is 15.9. The highest BCUT2D eigenvalue weighted by Gasteiger charge is 2.39. The molecule has 172 valence electrons. The molecule has 3 amide bonds. The molecule has 0 atom stereocenters. The quantitative estimate of drug-likeness (QED) is 0.359. The highest BCUT2D eigenvalue weighted by atomic mass is 35.5. The molecule has 0 unspecified atom stereocenters. The van der Waals surface area contributed by atoms with Gasteiger partial charge in [0, 0.05) is 32.0 Å². The molecule has 1 aliphatic rings. The van der Waals surface area contributed by atoms with Crippen LogP contribution in [-0.4, -0.2) is 17.7 Å². The maximum absolute atomic E-state index is 13.0. The molecule has 0 radical (unpaired) electrons. The predicted octanol–water partition coefficient (Wildman–Crippen LogP) is 6.64. The van der Waals surface area contributed by atoms with Crippen molar-refractivity contribution in [2.75, 3.05) is 15.5 Å². The van der Waals surface area contributed by atoms with Crippen molar-refractivity contribution in [1.29, 1.82) is 0 Å². The minimum absolute atomic E-state index is 0.0724. The van der Waals surface area contributed by atoms with E-state index in [-0.39, 0.29) is 16.6 Å². The first-order chi connectivity index (χ1) is 16.2. The number of rotatable bonds is 5. The van der Waals surface area contributed by atoms with Crippen LogP contribution in [0.25, 0.3) is 0 Å². The summed E-state index contributed by atoms with van der Waals surface area (Å²) in [5.41, 5.74) is 2.12. The smallest absolute Gasteiger partial charge is 0.283 e. The van der Waals surface area contributed by atoms with Gasteiger partial charge in [0.25, 0.3) is 17.7 Å². The molecule has 0 aromatic heterocycles. The second kappa shape index (κ2) is 9.68. The fourth-order valence-electron chi connectivity index (χ4n) is 3.35. The average Bonchev–Trinajstić information content (AvgIpc) is 2.99. The summed E-state index contributed by atoms with van der Waals surface area (Å²) in [6.45, 7) is 1.71. The monoisotopic (exact) mass is 533 g/mol. The number of carbonyl (C=O) groups is 3. The van der Waals surface area contributed by atoms with Gasteiger partial charge in [0.2, 0.25) is 0 Å². The van der Waals surface area contributed by atoms with E-state index in [1.807, 2.05) is 0 Å². The van der Waals surface area contributed by atoms with Gasteiger partial charge in [-0.15, -0.1) is 0 Å². The fourth-order valence-corrected chi connectivity index (χ4v) is 4.26. The average molecular weight is 535 g/mol. The third kappa shape index (κ3) is 4.76. The van der Waals surface area contributed by atoms with Crippen LogP contribution in [0.1, 0.15) is 15.9 Å². The van der Waals surface area contributed by atoms with E-state index in [1.54, 1.807) is 67.6 Å². The minimum atomic E-state index is -0.657. The van der Waals surface area contributed by atoms with Gasteiger partial charge in [-0.3, -0.25) is 14.4 Å². The van der Waals surface area contributed by atoms with E-state index in [2.05, 4.69) is 10.6 Å². The molecule has 1 aliphatic heterocycles. The van der Waals surface area contributed by atoms with Crippen molar-refractivity contribution < 1.29 is 14.4 Å². The van der Waals surface area contributed by atoms with E-state index in [0.717, 1.165) is 4.90 Å². The zero-order chi connectivity index (χ0) is 24.6. The molecule has 0 spiro atoms. The van der Waals surface area contributed by atoms with E-state index in [0.29, 0.717) is 43.3 Å². The molecule has 0 fully saturated rings. The summed E-state index contributed by atoms with van der Waals surface area (Å²) < 4.78 is 0. The molecule has 4 rings (SSSR count). The van der Waals surface area contributed by atoms with Crippen LogP contribution in [0.2, 0.25) is 15.1 Å². The maximum atomic E-state index is 13.0. The van der Waals surface area contributed by atoms with Crippen LogP contribution in [0.5, 0.6) is 0 Å². The number of carbonyl (C=O) groups excluding carboxylic acids is 3. The summed E-state index contributed by atoms with van der Waals surface area (Å²) in [7, 11) is 0. The first kappa shape index (κ1) is 24.1.